The second-order valence-corrected chi connectivity index (χ2v) is 9.23. The Morgan fingerprint density at radius 2 is 1.69 bits per heavy atom. The molecule has 0 unspecified atom stereocenters. The molecule has 0 aliphatic carbocycles. The minimum Gasteiger partial charge on any atom is -0.348 e. The average Bonchev–Trinajstić information content (AvgIpc) is 3.31. The molecule has 4 aromatic rings. The number of hydrogen-bond donors (Lipinski definition) is 1. The number of fused-ring (bicyclic) bond motifs is 1. The molecule has 0 saturated carbocycles. The number of aromatic nitrogens is 3. The first-order valence-electron chi connectivity index (χ1n) is 11.8. The average molecular weight is 470 g/mol. The maximum Gasteiger partial charge on any atom is 0.253 e. The normalized spacial score (nSPS) is 11.3. The fourth-order valence-corrected chi connectivity index (χ4v) is 3.82. The Morgan fingerprint density at radius 1 is 1.00 bits per heavy atom. The number of nitrogens with one attached hydrogen (secondary N) is 1. The highest BCUT2D eigenvalue weighted by Gasteiger charge is 2.19. The van der Waals surface area contributed by atoms with E-state index >= 15 is 0 Å². The van der Waals surface area contributed by atoms with E-state index < -0.39 is 0 Å². The quantitative estimate of drug-likeness (QED) is 0.409. The Morgan fingerprint density at radius 3 is 2.31 bits per heavy atom. The first-order valence-corrected chi connectivity index (χ1v) is 11.8. The zero-order chi connectivity index (χ0) is 25.1. The van der Waals surface area contributed by atoms with E-state index in [9.17, 15) is 9.59 Å². The standard InChI is InChI=1S/C28H31N5O2/c1-18(2)32(5)28(35)22-13-11-20(12-14-22)16-29-27(34)23-15-25(21-9-7-6-8-10-21)31-26-24(23)17-30-33(26)19(3)4/h6-15,17-19H,16H2,1-5H3,(H,29,34). The first kappa shape index (κ1) is 24.1. The van der Waals surface area contributed by atoms with Crippen LogP contribution < -0.4 is 5.32 Å². The van der Waals surface area contributed by atoms with Crippen molar-refractivity contribution in [2.24, 2.45) is 0 Å². The Bertz CT molecular complexity index is 1340. The van der Waals surface area contributed by atoms with Gasteiger partial charge in [-0.05, 0) is 51.5 Å². The van der Waals surface area contributed by atoms with Crippen LogP contribution in [0.1, 0.15) is 60.0 Å². The summed E-state index contributed by atoms with van der Waals surface area (Å²) in [6, 6.07) is 19.2. The zero-order valence-corrected chi connectivity index (χ0v) is 20.8. The molecule has 4 rings (SSSR count). The molecule has 1 N–H and O–H groups in total. The molecule has 0 spiro atoms. The highest BCUT2D eigenvalue weighted by molar-refractivity contribution is 6.06. The van der Waals surface area contributed by atoms with Crippen LogP contribution in [-0.2, 0) is 6.54 Å². The third-order valence-electron chi connectivity index (χ3n) is 6.12. The second-order valence-electron chi connectivity index (χ2n) is 9.23. The summed E-state index contributed by atoms with van der Waals surface area (Å²) in [6.07, 6.45) is 1.71. The maximum atomic E-state index is 13.3. The molecule has 7 nitrogen and oxygen atoms in total. The van der Waals surface area contributed by atoms with Crippen LogP contribution >= 0.6 is 0 Å². The topological polar surface area (TPSA) is 80.1 Å². The maximum absolute atomic E-state index is 13.3. The van der Waals surface area contributed by atoms with Crippen molar-refractivity contribution in [2.45, 2.75) is 46.3 Å². The molecule has 0 atom stereocenters. The summed E-state index contributed by atoms with van der Waals surface area (Å²) in [6.45, 7) is 8.38. The van der Waals surface area contributed by atoms with E-state index in [2.05, 4.69) is 10.4 Å². The van der Waals surface area contributed by atoms with Crippen molar-refractivity contribution < 1.29 is 9.59 Å². The number of rotatable bonds is 7. The molecule has 2 amide bonds. The molecular formula is C28H31N5O2. The van der Waals surface area contributed by atoms with Crippen LogP contribution in [0.4, 0.5) is 0 Å². The van der Waals surface area contributed by atoms with Crippen LogP contribution in [0.25, 0.3) is 22.3 Å². The number of amides is 2. The van der Waals surface area contributed by atoms with Crippen LogP contribution in [0.3, 0.4) is 0 Å². The smallest absolute Gasteiger partial charge is 0.253 e. The van der Waals surface area contributed by atoms with Gasteiger partial charge in [-0.1, -0.05) is 42.5 Å². The van der Waals surface area contributed by atoms with Crippen molar-refractivity contribution in [1.29, 1.82) is 0 Å². The monoisotopic (exact) mass is 469 g/mol. The molecule has 180 valence electrons. The molecule has 2 aromatic heterocycles. The van der Waals surface area contributed by atoms with Crippen molar-refractivity contribution in [3.05, 3.63) is 83.6 Å². The second kappa shape index (κ2) is 10.1. The van der Waals surface area contributed by atoms with Gasteiger partial charge in [-0.3, -0.25) is 9.59 Å². The van der Waals surface area contributed by atoms with Crippen molar-refractivity contribution >= 4 is 22.8 Å². The van der Waals surface area contributed by atoms with E-state index in [1.807, 2.05) is 80.9 Å². The van der Waals surface area contributed by atoms with E-state index in [1.54, 1.807) is 30.3 Å². The third-order valence-corrected chi connectivity index (χ3v) is 6.12. The Labute approximate surface area is 205 Å². The van der Waals surface area contributed by atoms with Gasteiger partial charge in [0.1, 0.15) is 0 Å². The first-order chi connectivity index (χ1) is 16.8. The highest BCUT2D eigenvalue weighted by atomic mass is 16.2. The molecule has 0 saturated heterocycles. The number of carbonyl (C=O) groups excluding carboxylic acids is 2. The highest BCUT2D eigenvalue weighted by Crippen LogP contribution is 2.26. The van der Waals surface area contributed by atoms with E-state index in [0.717, 1.165) is 16.8 Å². The van der Waals surface area contributed by atoms with Crippen molar-refractivity contribution in [3.8, 4) is 11.3 Å². The molecule has 2 aromatic carbocycles. The van der Waals surface area contributed by atoms with Crippen molar-refractivity contribution in [2.75, 3.05) is 7.05 Å². The number of hydrogen-bond acceptors (Lipinski definition) is 4. The number of nitrogens with zero attached hydrogens (tertiary/aromatic N) is 4. The lowest BCUT2D eigenvalue weighted by atomic mass is 10.1. The summed E-state index contributed by atoms with van der Waals surface area (Å²) in [5.41, 5.74) is 4.42. The predicted octanol–water partition coefficient (Wildman–Crippen LogP) is 5.09. The molecule has 35 heavy (non-hydrogen) atoms. The summed E-state index contributed by atoms with van der Waals surface area (Å²) in [7, 11) is 1.79. The molecule has 0 aliphatic rings. The Kier molecular flexibility index (Phi) is 6.96. The molecular weight excluding hydrogens is 438 g/mol. The predicted molar refractivity (Wildman–Crippen MR) is 138 cm³/mol. The number of pyridine rings is 1. The van der Waals surface area contributed by atoms with Gasteiger partial charge in [0.15, 0.2) is 5.65 Å². The number of carbonyl (C=O) groups is 2. The van der Waals surface area contributed by atoms with Gasteiger partial charge in [0.05, 0.1) is 22.8 Å². The van der Waals surface area contributed by atoms with Gasteiger partial charge in [-0.15, -0.1) is 0 Å². The van der Waals surface area contributed by atoms with Crippen molar-refractivity contribution in [3.63, 3.8) is 0 Å². The van der Waals surface area contributed by atoms with Gasteiger partial charge in [-0.25, -0.2) is 9.67 Å². The lowest BCUT2D eigenvalue weighted by Gasteiger charge is -2.21. The minimum atomic E-state index is -0.197. The van der Waals surface area contributed by atoms with Crippen molar-refractivity contribution in [1.82, 2.24) is 25.0 Å². The van der Waals surface area contributed by atoms with E-state index in [0.29, 0.717) is 28.7 Å². The Balaban J connectivity index is 1.59. The van der Waals surface area contributed by atoms with Gasteiger partial charge in [0.25, 0.3) is 11.8 Å². The molecule has 2 heterocycles. The van der Waals surface area contributed by atoms with Crippen LogP contribution in [-0.4, -0.2) is 44.6 Å². The van der Waals surface area contributed by atoms with Crippen LogP contribution in [0.2, 0.25) is 0 Å². The number of benzene rings is 2. The van der Waals surface area contributed by atoms with Gasteiger partial charge >= 0.3 is 0 Å². The SMILES string of the molecule is CC(C)N(C)C(=O)c1ccc(CNC(=O)c2cc(-c3ccccc3)nc3c2cnn3C(C)C)cc1. The van der Waals surface area contributed by atoms with Crippen LogP contribution in [0, 0.1) is 0 Å². The van der Waals surface area contributed by atoms with Crippen LogP contribution in [0.15, 0.2) is 66.9 Å². The lowest BCUT2D eigenvalue weighted by molar-refractivity contribution is 0.0754. The third kappa shape index (κ3) is 5.09. The molecule has 0 bridgehead atoms. The van der Waals surface area contributed by atoms with Gasteiger partial charge < -0.3 is 10.2 Å². The fourth-order valence-electron chi connectivity index (χ4n) is 3.82. The van der Waals surface area contributed by atoms with E-state index in [-0.39, 0.29) is 23.9 Å². The summed E-state index contributed by atoms with van der Waals surface area (Å²) >= 11 is 0. The molecule has 7 heteroatoms. The van der Waals surface area contributed by atoms with E-state index in [4.69, 9.17) is 4.98 Å². The van der Waals surface area contributed by atoms with Gasteiger partial charge in [-0.2, -0.15) is 5.10 Å². The summed E-state index contributed by atoms with van der Waals surface area (Å²) in [4.78, 5) is 32.3. The molecule has 0 aliphatic heterocycles. The summed E-state index contributed by atoms with van der Waals surface area (Å²) < 4.78 is 1.84. The fraction of sp³-hybridized carbons (Fsp3) is 0.286. The Hall–Kier alpha value is -4.00. The molecule has 0 fully saturated rings. The lowest BCUT2D eigenvalue weighted by Crippen LogP contribution is -2.32. The minimum absolute atomic E-state index is 0.0228. The van der Waals surface area contributed by atoms with Gasteiger partial charge in [0.2, 0.25) is 0 Å². The zero-order valence-electron chi connectivity index (χ0n) is 20.8. The van der Waals surface area contributed by atoms with Crippen LogP contribution in [0.5, 0.6) is 0 Å². The largest absolute Gasteiger partial charge is 0.348 e. The summed E-state index contributed by atoms with van der Waals surface area (Å²) in [5.74, 6) is -0.219. The molecule has 0 radical (unpaired) electrons. The summed E-state index contributed by atoms with van der Waals surface area (Å²) in [5, 5.41) is 8.21. The van der Waals surface area contributed by atoms with Gasteiger partial charge in [0, 0.05) is 36.8 Å². The van der Waals surface area contributed by atoms with E-state index in [1.165, 1.54) is 0 Å².